The minimum atomic E-state index is 0.314. The average molecular weight is 288 g/mol. The summed E-state index contributed by atoms with van der Waals surface area (Å²) in [6, 6.07) is 9.38. The third kappa shape index (κ3) is 4.31. The summed E-state index contributed by atoms with van der Waals surface area (Å²) in [5.74, 6) is 8.29. The molecule has 0 saturated heterocycles. The smallest absolute Gasteiger partial charge is 0.0488 e. The van der Waals surface area contributed by atoms with Crippen molar-refractivity contribution in [3.8, 4) is 0 Å². The van der Waals surface area contributed by atoms with Crippen LogP contribution in [0.3, 0.4) is 0 Å². The van der Waals surface area contributed by atoms with Gasteiger partial charge in [0.25, 0.3) is 0 Å². The van der Waals surface area contributed by atoms with Crippen molar-refractivity contribution < 1.29 is 0 Å². The van der Waals surface area contributed by atoms with Gasteiger partial charge in [0.05, 0.1) is 0 Å². The Bertz CT molecular complexity index is 402. The fourth-order valence-corrected chi connectivity index (χ4v) is 3.83. The molecular weight excluding hydrogens is 256 g/mol. The first kappa shape index (κ1) is 16.5. The van der Waals surface area contributed by atoms with E-state index >= 15 is 0 Å². The maximum atomic E-state index is 5.88. The second kappa shape index (κ2) is 7.95. The molecule has 21 heavy (non-hydrogen) atoms. The first-order chi connectivity index (χ1) is 10.2. The molecule has 3 N–H and O–H groups in total. The highest BCUT2D eigenvalue weighted by Gasteiger charge is 2.29. The molecule has 1 saturated carbocycles. The van der Waals surface area contributed by atoms with E-state index in [0.717, 1.165) is 11.8 Å². The van der Waals surface area contributed by atoms with Gasteiger partial charge in [-0.05, 0) is 61.0 Å². The minimum absolute atomic E-state index is 0.314. The Morgan fingerprint density at radius 1 is 1.05 bits per heavy atom. The number of hydrazine groups is 1. The summed E-state index contributed by atoms with van der Waals surface area (Å²) in [7, 11) is 0. The molecule has 1 atom stereocenters. The van der Waals surface area contributed by atoms with E-state index in [-0.39, 0.29) is 0 Å². The number of rotatable bonds is 6. The van der Waals surface area contributed by atoms with Crippen LogP contribution in [0.15, 0.2) is 24.3 Å². The monoisotopic (exact) mass is 288 g/mol. The van der Waals surface area contributed by atoms with Crippen LogP contribution in [-0.2, 0) is 6.42 Å². The Labute approximate surface area is 130 Å². The largest absolute Gasteiger partial charge is 0.271 e. The van der Waals surface area contributed by atoms with Crippen LogP contribution in [0.2, 0.25) is 0 Å². The molecular formula is C19H32N2. The quantitative estimate of drug-likeness (QED) is 0.593. The van der Waals surface area contributed by atoms with Crippen molar-refractivity contribution in [2.45, 2.75) is 65.3 Å². The van der Waals surface area contributed by atoms with Crippen LogP contribution in [0.5, 0.6) is 0 Å². The van der Waals surface area contributed by atoms with Gasteiger partial charge in [-0.1, -0.05) is 51.5 Å². The van der Waals surface area contributed by atoms with E-state index in [1.165, 1.54) is 49.7 Å². The number of nitrogens with two attached hydrogens (primary N) is 1. The maximum Gasteiger partial charge on any atom is 0.0488 e. The Morgan fingerprint density at radius 2 is 1.62 bits per heavy atom. The SMILES string of the molecule is CCCc1ccc(C(NN)C2CCC(C(C)C)CC2)cc1. The van der Waals surface area contributed by atoms with E-state index in [4.69, 9.17) is 5.84 Å². The minimum Gasteiger partial charge on any atom is -0.271 e. The summed E-state index contributed by atoms with van der Waals surface area (Å²) in [4.78, 5) is 0. The lowest BCUT2D eigenvalue weighted by Crippen LogP contribution is -2.35. The molecule has 1 aliphatic rings. The molecule has 0 spiro atoms. The fraction of sp³-hybridized carbons (Fsp3) is 0.684. The van der Waals surface area contributed by atoms with E-state index in [1.807, 2.05) is 0 Å². The Morgan fingerprint density at radius 3 is 2.10 bits per heavy atom. The van der Waals surface area contributed by atoms with Crippen LogP contribution in [0.25, 0.3) is 0 Å². The van der Waals surface area contributed by atoms with Crippen LogP contribution in [0, 0.1) is 17.8 Å². The van der Waals surface area contributed by atoms with Gasteiger partial charge in [0, 0.05) is 6.04 Å². The van der Waals surface area contributed by atoms with E-state index in [2.05, 4.69) is 50.5 Å². The van der Waals surface area contributed by atoms with Crippen LogP contribution in [0.4, 0.5) is 0 Å². The van der Waals surface area contributed by atoms with E-state index < -0.39 is 0 Å². The van der Waals surface area contributed by atoms with Gasteiger partial charge < -0.3 is 0 Å². The van der Waals surface area contributed by atoms with Crippen molar-refractivity contribution in [3.63, 3.8) is 0 Å². The number of nitrogens with one attached hydrogen (secondary N) is 1. The third-order valence-electron chi connectivity index (χ3n) is 5.29. The van der Waals surface area contributed by atoms with Gasteiger partial charge in [0.2, 0.25) is 0 Å². The molecule has 118 valence electrons. The summed E-state index contributed by atoms with van der Waals surface area (Å²) in [6.07, 6.45) is 7.68. The van der Waals surface area contributed by atoms with Gasteiger partial charge in [-0.25, -0.2) is 0 Å². The van der Waals surface area contributed by atoms with Crippen molar-refractivity contribution in [2.24, 2.45) is 23.6 Å². The lowest BCUT2D eigenvalue weighted by molar-refractivity contribution is 0.189. The highest BCUT2D eigenvalue weighted by Crippen LogP contribution is 2.39. The van der Waals surface area contributed by atoms with Crippen LogP contribution in [0.1, 0.15) is 70.0 Å². The van der Waals surface area contributed by atoms with Gasteiger partial charge in [-0.15, -0.1) is 0 Å². The topological polar surface area (TPSA) is 38.0 Å². The second-order valence-electron chi connectivity index (χ2n) is 7.05. The molecule has 0 bridgehead atoms. The number of aryl methyl sites for hydroxylation is 1. The highest BCUT2D eigenvalue weighted by atomic mass is 15.2. The Hall–Kier alpha value is -0.860. The number of hydrogen-bond acceptors (Lipinski definition) is 2. The molecule has 0 radical (unpaired) electrons. The van der Waals surface area contributed by atoms with Crippen molar-refractivity contribution in [1.82, 2.24) is 5.43 Å². The van der Waals surface area contributed by atoms with Gasteiger partial charge in [-0.2, -0.15) is 0 Å². The zero-order chi connectivity index (χ0) is 15.2. The molecule has 2 nitrogen and oxygen atoms in total. The summed E-state index contributed by atoms with van der Waals surface area (Å²) >= 11 is 0. The molecule has 1 aromatic carbocycles. The number of hydrogen-bond donors (Lipinski definition) is 2. The molecule has 1 unspecified atom stereocenters. The Balaban J connectivity index is 1.99. The van der Waals surface area contributed by atoms with Crippen molar-refractivity contribution in [3.05, 3.63) is 35.4 Å². The summed E-state index contributed by atoms with van der Waals surface area (Å²) in [6.45, 7) is 6.94. The van der Waals surface area contributed by atoms with Gasteiger partial charge in [0.1, 0.15) is 0 Å². The predicted octanol–water partition coefficient (Wildman–Crippen LogP) is 4.61. The highest BCUT2D eigenvalue weighted by molar-refractivity contribution is 5.25. The summed E-state index contributed by atoms with van der Waals surface area (Å²) < 4.78 is 0. The fourth-order valence-electron chi connectivity index (χ4n) is 3.83. The lowest BCUT2D eigenvalue weighted by atomic mass is 9.73. The van der Waals surface area contributed by atoms with Crippen LogP contribution >= 0.6 is 0 Å². The molecule has 2 heteroatoms. The zero-order valence-electron chi connectivity index (χ0n) is 13.9. The van der Waals surface area contributed by atoms with Gasteiger partial charge in [0.15, 0.2) is 0 Å². The first-order valence-corrected chi connectivity index (χ1v) is 8.70. The van der Waals surface area contributed by atoms with E-state index in [0.29, 0.717) is 12.0 Å². The normalized spacial score (nSPS) is 24.2. The van der Waals surface area contributed by atoms with Crippen molar-refractivity contribution in [1.29, 1.82) is 0 Å². The predicted molar refractivity (Wildman–Crippen MR) is 90.8 cm³/mol. The first-order valence-electron chi connectivity index (χ1n) is 8.70. The summed E-state index contributed by atoms with van der Waals surface area (Å²) in [5, 5.41) is 0. The van der Waals surface area contributed by atoms with Crippen LogP contribution in [-0.4, -0.2) is 0 Å². The maximum absolute atomic E-state index is 5.88. The average Bonchev–Trinajstić information content (AvgIpc) is 2.50. The standard InChI is InChI=1S/C19H32N2/c1-4-5-15-6-8-17(9-7-15)19(21-20)18-12-10-16(11-13-18)14(2)3/h6-9,14,16,18-19,21H,4-5,10-13,20H2,1-3H3. The lowest BCUT2D eigenvalue weighted by Gasteiger charge is -2.35. The molecule has 2 rings (SSSR count). The molecule has 0 aliphatic heterocycles. The molecule has 0 amide bonds. The molecule has 1 fully saturated rings. The van der Waals surface area contributed by atoms with E-state index in [1.54, 1.807) is 0 Å². The van der Waals surface area contributed by atoms with Crippen molar-refractivity contribution >= 4 is 0 Å². The zero-order valence-corrected chi connectivity index (χ0v) is 13.9. The van der Waals surface area contributed by atoms with Gasteiger partial charge in [-0.3, -0.25) is 11.3 Å². The van der Waals surface area contributed by atoms with Crippen LogP contribution < -0.4 is 11.3 Å². The van der Waals surface area contributed by atoms with E-state index in [9.17, 15) is 0 Å². The molecule has 0 aromatic heterocycles. The summed E-state index contributed by atoms with van der Waals surface area (Å²) in [5.41, 5.74) is 5.87. The number of benzene rings is 1. The molecule has 0 heterocycles. The Kier molecular flexibility index (Phi) is 6.25. The second-order valence-corrected chi connectivity index (χ2v) is 7.05. The third-order valence-corrected chi connectivity index (χ3v) is 5.29. The molecule has 1 aromatic rings. The van der Waals surface area contributed by atoms with Crippen molar-refractivity contribution in [2.75, 3.05) is 0 Å². The molecule has 1 aliphatic carbocycles. The van der Waals surface area contributed by atoms with Gasteiger partial charge >= 0.3 is 0 Å².